The van der Waals surface area contributed by atoms with E-state index in [0.29, 0.717) is 12.0 Å². The van der Waals surface area contributed by atoms with Crippen LogP contribution in [0, 0.1) is 5.41 Å². The second-order valence-corrected chi connectivity index (χ2v) is 6.87. The van der Waals surface area contributed by atoms with E-state index >= 15 is 0 Å². The molecule has 2 rings (SSSR count). The molecular formula is C15H29N3O. The molecule has 0 bridgehead atoms. The Morgan fingerprint density at radius 2 is 1.84 bits per heavy atom. The molecule has 2 fully saturated rings. The van der Waals surface area contributed by atoms with Crippen LogP contribution in [0.25, 0.3) is 0 Å². The largest absolute Gasteiger partial charge is 0.378 e. The van der Waals surface area contributed by atoms with Crippen molar-refractivity contribution < 1.29 is 4.74 Å². The van der Waals surface area contributed by atoms with Crippen molar-refractivity contribution in [3.05, 3.63) is 0 Å². The fourth-order valence-electron chi connectivity index (χ4n) is 3.32. The molecule has 2 saturated carbocycles. The molecule has 0 spiro atoms. The molecule has 0 aromatic carbocycles. The van der Waals surface area contributed by atoms with Crippen LogP contribution in [0.5, 0.6) is 0 Å². The van der Waals surface area contributed by atoms with Crippen molar-refractivity contribution in [3.8, 4) is 0 Å². The van der Waals surface area contributed by atoms with E-state index < -0.39 is 0 Å². The molecule has 2 aliphatic carbocycles. The number of nitrogens with zero attached hydrogens (tertiary/aromatic N) is 1. The van der Waals surface area contributed by atoms with Gasteiger partial charge in [-0.2, -0.15) is 0 Å². The van der Waals surface area contributed by atoms with E-state index in [1.807, 2.05) is 0 Å². The molecule has 2 aliphatic rings. The van der Waals surface area contributed by atoms with Gasteiger partial charge in [0.15, 0.2) is 5.96 Å². The highest BCUT2D eigenvalue weighted by Gasteiger charge is 2.58. The van der Waals surface area contributed by atoms with Crippen LogP contribution in [0.1, 0.15) is 59.3 Å². The van der Waals surface area contributed by atoms with Crippen molar-refractivity contribution in [1.82, 2.24) is 5.32 Å². The predicted octanol–water partition coefficient (Wildman–Crippen LogP) is 2.43. The van der Waals surface area contributed by atoms with E-state index in [2.05, 4.69) is 31.1 Å². The number of aliphatic imine (C=N–C) groups is 1. The van der Waals surface area contributed by atoms with Crippen LogP contribution in [0.15, 0.2) is 4.99 Å². The highest BCUT2D eigenvalue weighted by atomic mass is 16.5. The SMILES string of the molecule is COC1(C)CC(N=C(N)NC2CCCCC2)C1(C)C. The third kappa shape index (κ3) is 2.73. The Kier molecular flexibility index (Phi) is 4.09. The average Bonchev–Trinajstić information content (AvgIpc) is 2.39. The summed E-state index contributed by atoms with van der Waals surface area (Å²) in [6.45, 7) is 6.58. The van der Waals surface area contributed by atoms with E-state index in [1.54, 1.807) is 7.11 Å². The van der Waals surface area contributed by atoms with Gasteiger partial charge < -0.3 is 15.8 Å². The Morgan fingerprint density at radius 3 is 2.37 bits per heavy atom. The number of nitrogens with two attached hydrogens (primary N) is 1. The van der Waals surface area contributed by atoms with Crippen LogP contribution in [-0.4, -0.2) is 30.8 Å². The second kappa shape index (κ2) is 5.31. The maximum absolute atomic E-state index is 6.06. The smallest absolute Gasteiger partial charge is 0.189 e. The van der Waals surface area contributed by atoms with Crippen LogP contribution < -0.4 is 11.1 Å². The van der Waals surface area contributed by atoms with Gasteiger partial charge in [0.2, 0.25) is 0 Å². The minimum Gasteiger partial charge on any atom is -0.378 e. The summed E-state index contributed by atoms with van der Waals surface area (Å²) in [5, 5.41) is 3.39. The van der Waals surface area contributed by atoms with Crippen molar-refractivity contribution in [2.24, 2.45) is 16.1 Å². The lowest BCUT2D eigenvalue weighted by atomic mass is 9.56. The van der Waals surface area contributed by atoms with Gasteiger partial charge in [-0.15, -0.1) is 0 Å². The van der Waals surface area contributed by atoms with Crippen LogP contribution in [0.3, 0.4) is 0 Å². The van der Waals surface area contributed by atoms with Crippen molar-refractivity contribution in [2.75, 3.05) is 7.11 Å². The van der Waals surface area contributed by atoms with Gasteiger partial charge >= 0.3 is 0 Å². The lowest BCUT2D eigenvalue weighted by Gasteiger charge is -2.57. The number of methoxy groups -OCH3 is 1. The Hall–Kier alpha value is -0.770. The molecule has 19 heavy (non-hydrogen) atoms. The summed E-state index contributed by atoms with van der Waals surface area (Å²) in [6, 6.07) is 0.781. The molecule has 0 radical (unpaired) electrons. The highest BCUT2D eigenvalue weighted by Crippen LogP contribution is 2.53. The van der Waals surface area contributed by atoms with Gasteiger partial charge in [-0.25, -0.2) is 4.99 Å². The second-order valence-electron chi connectivity index (χ2n) is 6.87. The summed E-state index contributed by atoms with van der Waals surface area (Å²) < 4.78 is 5.62. The van der Waals surface area contributed by atoms with Gasteiger partial charge in [-0.05, 0) is 26.2 Å². The van der Waals surface area contributed by atoms with Crippen molar-refractivity contribution in [1.29, 1.82) is 0 Å². The summed E-state index contributed by atoms with van der Waals surface area (Å²) in [7, 11) is 1.78. The lowest BCUT2D eigenvalue weighted by molar-refractivity contribution is -0.171. The third-order valence-corrected chi connectivity index (χ3v) is 5.48. The summed E-state index contributed by atoms with van der Waals surface area (Å²) in [4.78, 5) is 4.68. The fourth-order valence-corrected chi connectivity index (χ4v) is 3.32. The predicted molar refractivity (Wildman–Crippen MR) is 79.2 cm³/mol. The van der Waals surface area contributed by atoms with Gasteiger partial charge in [-0.1, -0.05) is 33.1 Å². The van der Waals surface area contributed by atoms with Gasteiger partial charge in [0.25, 0.3) is 0 Å². The van der Waals surface area contributed by atoms with E-state index in [1.165, 1.54) is 32.1 Å². The summed E-state index contributed by atoms with van der Waals surface area (Å²) in [6.07, 6.45) is 7.37. The van der Waals surface area contributed by atoms with E-state index in [-0.39, 0.29) is 17.1 Å². The normalized spacial score (nSPS) is 35.8. The van der Waals surface area contributed by atoms with Crippen LogP contribution in [0.4, 0.5) is 0 Å². The van der Waals surface area contributed by atoms with E-state index in [0.717, 1.165) is 6.42 Å². The van der Waals surface area contributed by atoms with Gasteiger partial charge in [0.1, 0.15) is 0 Å². The van der Waals surface area contributed by atoms with Crippen LogP contribution in [0.2, 0.25) is 0 Å². The van der Waals surface area contributed by atoms with Gasteiger partial charge in [0.05, 0.1) is 11.6 Å². The topological polar surface area (TPSA) is 59.6 Å². The number of guanidine groups is 1. The van der Waals surface area contributed by atoms with E-state index in [9.17, 15) is 0 Å². The summed E-state index contributed by atoms with van der Waals surface area (Å²) >= 11 is 0. The first-order chi connectivity index (χ1) is 8.89. The first-order valence-corrected chi connectivity index (χ1v) is 7.54. The van der Waals surface area contributed by atoms with Crippen LogP contribution in [-0.2, 0) is 4.74 Å². The maximum Gasteiger partial charge on any atom is 0.189 e. The zero-order valence-electron chi connectivity index (χ0n) is 12.8. The molecule has 0 aromatic heterocycles. The Labute approximate surface area is 117 Å². The quantitative estimate of drug-likeness (QED) is 0.610. The molecule has 2 atom stereocenters. The molecule has 0 aromatic rings. The minimum absolute atomic E-state index is 0.0423. The molecule has 3 N–H and O–H groups in total. The molecule has 0 amide bonds. The Morgan fingerprint density at radius 1 is 1.21 bits per heavy atom. The molecule has 4 nitrogen and oxygen atoms in total. The number of rotatable bonds is 3. The summed E-state index contributed by atoms with van der Waals surface area (Å²) in [5.41, 5.74) is 6.03. The fraction of sp³-hybridized carbons (Fsp3) is 0.933. The monoisotopic (exact) mass is 267 g/mol. The molecule has 2 unspecified atom stereocenters. The molecule has 0 aliphatic heterocycles. The van der Waals surface area contributed by atoms with Crippen molar-refractivity contribution in [3.63, 3.8) is 0 Å². The third-order valence-electron chi connectivity index (χ3n) is 5.48. The summed E-state index contributed by atoms with van der Waals surface area (Å²) in [5.74, 6) is 0.614. The van der Waals surface area contributed by atoms with Crippen LogP contribution >= 0.6 is 0 Å². The molecule has 0 saturated heterocycles. The zero-order valence-corrected chi connectivity index (χ0v) is 12.8. The molecule has 110 valence electrons. The van der Waals surface area contributed by atoms with Crippen molar-refractivity contribution >= 4 is 5.96 Å². The maximum atomic E-state index is 6.06. The number of hydrogen-bond acceptors (Lipinski definition) is 2. The molecular weight excluding hydrogens is 238 g/mol. The van der Waals surface area contributed by atoms with E-state index in [4.69, 9.17) is 10.5 Å². The first kappa shape index (κ1) is 14.6. The minimum atomic E-state index is -0.0771. The van der Waals surface area contributed by atoms with Crippen molar-refractivity contribution in [2.45, 2.75) is 77.0 Å². The van der Waals surface area contributed by atoms with Gasteiger partial charge in [-0.3, -0.25) is 0 Å². The standard InChI is InChI=1S/C15H29N3O/c1-14(2)12(10-15(14,3)19-4)18-13(16)17-11-8-6-5-7-9-11/h11-12H,5-10H2,1-4H3,(H3,16,17,18). The Bertz CT molecular complexity index is 347. The molecule has 0 heterocycles. The molecule has 4 heteroatoms. The number of hydrogen-bond donors (Lipinski definition) is 2. The highest BCUT2D eigenvalue weighted by molar-refractivity contribution is 5.78. The lowest BCUT2D eigenvalue weighted by Crippen LogP contribution is -2.63. The zero-order chi connectivity index (χ0) is 14.1. The van der Waals surface area contributed by atoms with Gasteiger partial charge in [0, 0.05) is 18.6 Å². The average molecular weight is 267 g/mol. The Balaban J connectivity index is 1.91. The number of nitrogens with one attached hydrogen (secondary N) is 1. The first-order valence-electron chi connectivity index (χ1n) is 7.54. The number of ether oxygens (including phenoxy) is 1.